The molecule has 8 nitrogen and oxygen atoms in total. The minimum absolute atomic E-state index is 0.0682. The van der Waals surface area contributed by atoms with E-state index in [-0.39, 0.29) is 38.2 Å². The number of amides is 1. The van der Waals surface area contributed by atoms with E-state index in [4.69, 9.17) is 9.47 Å². The molecule has 3 heterocycles. The van der Waals surface area contributed by atoms with Crippen molar-refractivity contribution in [2.45, 2.75) is 25.8 Å². The average molecular weight is 383 g/mol. The van der Waals surface area contributed by atoms with E-state index in [9.17, 15) is 18.0 Å². The molecule has 144 valence electrons. The van der Waals surface area contributed by atoms with Gasteiger partial charge < -0.3 is 19.4 Å². The average Bonchev–Trinajstić information content (AvgIpc) is 3.25. The van der Waals surface area contributed by atoms with Gasteiger partial charge in [-0.05, 0) is 17.7 Å². The van der Waals surface area contributed by atoms with Gasteiger partial charge in [0.15, 0.2) is 11.5 Å². The van der Waals surface area contributed by atoms with Crippen LogP contribution in [0.2, 0.25) is 0 Å². The Balaban J connectivity index is 1.31. The minimum Gasteiger partial charge on any atom is -0.454 e. The van der Waals surface area contributed by atoms with E-state index >= 15 is 0 Å². The van der Waals surface area contributed by atoms with Crippen LogP contribution in [0.5, 0.6) is 11.5 Å². The van der Waals surface area contributed by atoms with Crippen molar-refractivity contribution in [2.75, 3.05) is 19.9 Å². The third kappa shape index (κ3) is 3.68. The van der Waals surface area contributed by atoms with Gasteiger partial charge in [-0.25, -0.2) is 0 Å². The van der Waals surface area contributed by atoms with Crippen molar-refractivity contribution >= 4 is 5.91 Å². The van der Waals surface area contributed by atoms with Crippen molar-refractivity contribution in [1.29, 1.82) is 0 Å². The highest BCUT2D eigenvalue weighted by Crippen LogP contribution is 2.32. The van der Waals surface area contributed by atoms with Crippen LogP contribution in [0, 0.1) is 0 Å². The molecule has 1 aromatic heterocycles. The van der Waals surface area contributed by atoms with Gasteiger partial charge >= 0.3 is 6.18 Å². The van der Waals surface area contributed by atoms with Gasteiger partial charge in [0.25, 0.3) is 0 Å². The van der Waals surface area contributed by atoms with Crippen LogP contribution < -0.4 is 14.8 Å². The number of ether oxygens (including phenoxy) is 2. The van der Waals surface area contributed by atoms with Gasteiger partial charge in [-0.15, -0.1) is 10.2 Å². The molecule has 0 radical (unpaired) electrons. The zero-order chi connectivity index (χ0) is 19.0. The fraction of sp³-hybridized carbons (Fsp3) is 0.438. The number of hydrogen-bond donors (Lipinski definition) is 1. The summed E-state index contributed by atoms with van der Waals surface area (Å²) < 4.78 is 50.1. The predicted octanol–water partition coefficient (Wildman–Crippen LogP) is 1.16. The van der Waals surface area contributed by atoms with Gasteiger partial charge in [-0.1, -0.05) is 6.07 Å². The van der Waals surface area contributed by atoms with Crippen molar-refractivity contribution in [1.82, 2.24) is 25.0 Å². The number of fused-ring (bicyclic) bond motifs is 2. The number of halogens is 3. The molecule has 4 rings (SSSR count). The molecule has 1 aromatic carbocycles. The quantitative estimate of drug-likeness (QED) is 0.853. The normalized spacial score (nSPS) is 16.3. The Morgan fingerprint density at radius 1 is 1.19 bits per heavy atom. The van der Waals surface area contributed by atoms with E-state index in [1.807, 2.05) is 6.07 Å². The molecule has 0 bridgehead atoms. The predicted molar refractivity (Wildman–Crippen MR) is 84.7 cm³/mol. The highest BCUT2D eigenvalue weighted by molar-refractivity contribution is 5.78. The SMILES string of the molecule is O=C(CN1CCn2c(nnc2C(F)(F)F)C1)NCc1ccc2c(c1)OCO2. The first-order chi connectivity index (χ1) is 12.9. The third-order valence-corrected chi connectivity index (χ3v) is 4.38. The molecule has 0 saturated carbocycles. The fourth-order valence-corrected chi connectivity index (χ4v) is 3.06. The maximum atomic E-state index is 12.8. The molecule has 0 spiro atoms. The second-order valence-electron chi connectivity index (χ2n) is 6.26. The first-order valence-corrected chi connectivity index (χ1v) is 8.27. The van der Waals surface area contributed by atoms with Crippen LogP contribution >= 0.6 is 0 Å². The molecule has 0 unspecified atom stereocenters. The van der Waals surface area contributed by atoms with Crippen molar-refractivity contribution in [3.63, 3.8) is 0 Å². The summed E-state index contributed by atoms with van der Waals surface area (Å²) in [6.07, 6.45) is -4.53. The zero-order valence-electron chi connectivity index (χ0n) is 14.1. The van der Waals surface area contributed by atoms with E-state index in [0.29, 0.717) is 24.6 Å². The fourth-order valence-electron chi connectivity index (χ4n) is 3.06. The summed E-state index contributed by atoms with van der Waals surface area (Å²) in [5, 5.41) is 9.62. The minimum atomic E-state index is -4.53. The Bertz CT molecular complexity index is 867. The molecule has 0 fully saturated rings. The van der Waals surface area contributed by atoms with Crippen LogP contribution in [0.15, 0.2) is 18.2 Å². The molecule has 11 heteroatoms. The van der Waals surface area contributed by atoms with E-state index < -0.39 is 12.0 Å². The summed E-state index contributed by atoms with van der Waals surface area (Å²) in [6.45, 7) is 1.11. The summed E-state index contributed by atoms with van der Waals surface area (Å²) in [4.78, 5) is 13.9. The van der Waals surface area contributed by atoms with E-state index in [1.54, 1.807) is 17.0 Å². The topological polar surface area (TPSA) is 81.5 Å². The van der Waals surface area contributed by atoms with Crippen LogP contribution in [0.1, 0.15) is 17.2 Å². The Hall–Kier alpha value is -2.82. The van der Waals surface area contributed by atoms with Gasteiger partial charge in [-0.2, -0.15) is 13.2 Å². The van der Waals surface area contributed by atoms with Crippen molar-refractivity contribution in [2.24, 2.45) is 0 Å². The summed E-state index contributed by atoms with van der Waals surface area (Å²) >= 11 is 0. The van der Waals surface area contributed by atoms with E-state index in [0.717, 1.165) is 10.1 Å². The Morgan fingerprint density at radius 2 is 2.00 bits per heavy atom. The summed E-state index contributed by atoms with van der Waals surface area (Å²) in [6, 6.07) is 5.40. The van der Waals surface area contributed by atoms with Gasteiger partial charge in [0.05, 0.1) is 13.1 Å². The molecule has 0 atom stereocenters. The summed E-state index contributed by atoms with van der Waals surface area (Å²) in [5.41, 5.74) is 0.862. The number of aromatic nitrogens is 3. The highest BCUT2D eigenvalue weighted by Gasteiger charge is 2.39. The smallest absolute Gasteiger partial charge is 0.451 e. The lowest BCUT2D eigenvalue weighted by molar-refractivity contribution is -0.148. The van der Waals surface area contributed by atoms with Crippen LogP contribution in [-0.4, -0.2) is 45.5 Å². The van der Waals surface area contributed by atoms with Crippen molar-refractivity contribution < 1.29 is 27.4 Å². The van der Waals surface area contributed by atoms with E-state index in [1.165, 1.54) is 0 Å². The number of rotatable bonds is 4. The van der Waals surface area contributed by atoms with E-state index in [2.05, 4.69) is 15.5 Å². The monoisotopic (exact) mass is 383 g/mol. The number of alkyl halides is 3. The second-order valence-corrected chi connectivity index (χ2v) is 6.26. The Morgan fingerprint density at radius 3 is 2.81 bits per heavy atom. The molecule has 0 saturated heterocycles. The molecule has 0 aliphatic carbocycles. The van der Waals surface area contributed by atoms with Crippen LogP contribution in [0.3, 0.4) is 0 Å². The number of benzene rings is 1. The van der Waals surface area contributed by atoms with Crippen LogP contribution in [0.25, 0.3) is 0 Å². The van der Waals surface area contributed by atoms with Crippen molar-refractivity contribution in [3.05, 3.63) is 35.4 Å². The highest BCUT2D eigenvalue weighted by atomic mass is 19.4. The molecular formula is C16H16F3N5O3. The summed E-state index contributed by atoms with van der Waals surface area (Å²) in [7, 11) is 0. The molecular weight excluding hydrogens is 367 g/mol. The maximum Gasteiger partial charge on any atom is 0.451 e. The Labute approximate surface area is 151 Å². The molecule has 2 aromatic rings. The molecule has 27 heavy (non-hydrogen) atoms. The van der Waals surface area contributed by atoms with Gasteiger partial charge in [0, 0.05) is 19.6 Å². The standard InChI is InChI=1S/C16H16F3N5O3/c17-16(18,19)15-22-21-13-7-23(3-4-24(13)15)8-14(25)20-6-10-1-2-11-12(5-10)27-9-26-11/h1-2,5H,3-4,6-9H2,(H,20,25). The zero-order valence-corrected chi connectivity index (χ0v) is 14.1. The van der Waals surface area contributed by atoms with Gasteiger partial charge in [0.1, 0.15) is 5.82 Å². The number of hydrogen-bond acceptors (Lipinski definition) is 6. The first-order valence-electron chi connectivity index (χ1n) is 8.27. The van der Waals surface area contributed by atoms with Crippen LogP contribution in [-0.2, 0) is 30.6 Å². The Kier molecular flexibility index (Phi) is 4.38. The lowest BCUT2D eigenvalue weighted by Gasteiger charge is -2.27. The van der Waals surface area contributed by atoms with Crippen molar-refractivity contribution in [3.8, 4) is 11.5 Å². The van der Waals surface area contributed by atoms with Gasteiger partial charge in [0.2, 0.25) is 18.5 Å². The number of carbonyl (C=O) groups is 1. The molecule has 2 aliphatic rings. The number of carbonyl (C=O) groups excluding carboxylic acids is 1. The third-order valence-electron chi connectivity index (χ3n) is 4.38. The maximum absolute atomic E-state index is 12.8. The molecule has 2 aliphatic heterocycles. The second kappa shape index (κ2) is 6.72. The lowest BCUT2D eigenvalue weighted by atomic mass is 10.2. The number of nitrogens with zero attached hydrogens (tertiary/aromatic N) is 4. The van der Waals surface area contributed by atoms with Crippen LogP contribution in [0.4, 0.5) is 13.2 Å². The first kappa shape index (κ1) is 17.6. The largest absolute Gasteiger partial charge is 0.454 e. The molecule has 1 amide bonds. The summed E-state index contributed by atoms with van der Waals surface area (Å²) in [5.74, 6) is 0.288. The lowest BCUT2D eigenvalue weighted by Crippen LogP contribution is -2.41. The number of nitrogens with one attached hydrogen (secondary N) is 1. The molecule has 1 N–H and O–H groups in total. The van der Waals surface area contributed by atoms with Gasteiger partial charge in [-0.3, -0.25) is 9.69 Å².